The zero-order valence-electron chi connectivity index (χ0n) is 9.93. The third-order valence-corrected chi connectivity index (χ3v) is 3.48. The monoisotopic (exact) mass is 249 g/mol. The van der Waals surface area contributed by atoms with E-state index in [1.165, 1.54) is 11.8 Å². The fraction of sp³-hybridized carbons (Fsp3) is 0.385. The maximum Gasteiger partial charge on any atom is 0.336 e. The molecule has 3 nitrogen and oxygen atoms in total. The zero-order chi connectivity index (χ0) is 12.9. The number of nitrogens with zero attached hydrogens (tertiary/aromatic N) is 1. The van der Waals surface area contributed by atoms with Gasteiger partial charge in [-0.05, 0) is 38.2 Å². The summed E-state index contributed by atoms with van der Waals surface area (Å²) in [5.41, 5.74) is -0.0298. The van der Waals surface area contributed by atoms with Crippen LogP contribution < -0.4 is 0 Å². The minimum atomic E-state index is -0.910. The van der Waals surface area contributed by atoms with Crippen LogP contribution in [0.5, 0.6) is 0 Å². The number of carbonyl (C=O) groups is 1. The third kappa shape index (κ3) is 4.12. The van der Waals surface area contributed by atoms with Gasteiger partial charge < -0.3 is 5.11 Å². The molecule has 0 unspecified atom stereocenters. The predicted molar refractivity (Wildman–Crippen MR) is 68.1 cm³/mol. The van der Waals surface area contributed by atoms with Gasteiger partial charge in [0, 0.05) is 4.90 Å². The summed E-state index contributed by atoms with van der Waals surface area (Å²) in [6.07, 6.45) is 0.738. The van der Waals surface area contributed by atoms with E-state index in [1.54, 1.807) is 18.2 Å². The predicted octanol–water partition coefficient (Wildman–Crippen LogP) is 3.42. The molecule has 0 radical (unpaired) electrons. The summed E-state index contributed by atoms with van der Waals surface area (Å²) in [5, 5.41) is 17.9. The SMILES string of the molecule is CC(C)(C#N)CCSc1ccccc1C(=O)O. The van der Waals surface area contributed by atoms with Crippen molar-refractivity contribution >= 4 is 17.7 Å². The highest BCUT2D eigenvalue weighted by atomic mass is 32.2. The number of nitriles is 1. The molecule has 0 bridgehead atoms. The van der Waals surface area contributed by atoms with Crippen LogP contribution in [-0.2, 0) is 0 Å². The molecule has 0 fully saturated rings. The second kappa shape index (κ2) is 5.74. The molecule has 1 aromatic rings. The van der Waals surface area contributed by atoms with E-state index in [9.17, 15) is 4.79 Å². The normalized spacial score (nSPS) is 10.9. The minimum Gasteiger partial charge on any atom is -0.478 e. The molecule has 0 aliphatic rings. The van der Waals surface area contributed by atoms with Crippen molar-refractivity contribution < 1.29 is 9.90 Å². The number of carboxylic acids is 1. The van der Waals surface area contributed by atoms with Crippen molar-refractivity contribution in [2.24, 2.45) is 5.41 Å². The van der Waals surface area contributed by atoms with Crippen LogP contribution in [0.15, 0.2) is 29.2 Å². The number of benzene rings is 1. The molecular weight excluding hydrogens is 234 g/mol. The number of rotatable bonds is 5. The smallest absolute Gasteiger partial charge is 0.336 e. The van der Waals surface area contributed by atoms with E-state index in [1.807, 2.05) is 19.9 Å². The Bertz CT molecular complexity index is 449. The Morgan fingerprint density at radius 3 is 2.71 bits per heavy atom. The maximum absolute atomic E-state index is 11.0. The van der Waals surface area contributed by atoms with Gasteiger partial charge in [-0.1, -0.05) is 12.1 Å². The lowest BCUT2D eigenvalue weighted by molar-refractivity contribution is 0.0693. The van der Waals surface area contributed by atoms with Crippen molar-refractivity contribution in [2.45, 2.75) is 25.2 Å². The highest BCUT2D eigenvalue weighted by Gasteiger charge is 2.17. The standard InChI is InChI=1S/C13H15NO2S/c1-13(2,9-14)7-8-17-11-6-4-3-5-10(11)12(15)16/h3-6H,7-8H2,1-2H3,(H,15,16). The molecule has 0 aromatic heterocycles. The van der Waals surface area contributed by atoms with Gasteiger partial charge in [-0.15, -0.1) is 11.8 Å². The van der Waals surface area contributed by atoms with Crippen LogP contribution in [0, 0.1) is 16.7 Å². The third-order valence-electron chi connectivity index (χ3n) is 2.40. The number of hydrogen-bond donors (Lipinski definition) is 1. The van der Waals surface area contributed by atoms with Crippen LogP contribution >= 0.6 is 11.8 Å². The molecule has 0 saturated carbocycles. The summed E-state index contributed by atoms with van der Waals surface area (Å²) >= 11 is 1.49. The summed E-state index contributed by atoms with van der Waals surface area (Å²) in [6, 6.07) is 9.17. The average molecular weight is 249 g/mol. The molecule has 90 valence electrons. The van der Waals surface area contributed by atoms with E-state index in [0.717, 1.165) is 17.1 Å². The van der Waals surface area contributed by atoms with E-state index >= 15 is 0 Å². The van der Waals surface area contributed by atoms with Crippen LogP contribution in [0.2, 0.25) is 0 Å². The minimum absolute atomic E-state index is 0.326. The van der Waals surface area contributed by atoms with Crippen molar-refractivity contribution in [3.63, 3.8) is 0 Å². The van der Waals surface area contributed by atoms with Gasteiger partial charge in [0.25, 0.3) is 0 Å². The molecule has 1 aromatic carbocycles. The molecule has 0 heterocycles. The van der Waals surface area contributed by atoms with E-state index < -0.39 is 5.97 Å². The van der Waals surface area contributed by atoms with Gasteiger partial charge in [-0.3, -0.25) is 0 Å². The van der Waals surface area contributed by atoms with Crippen molar-refractivity contribution in [3.05, 3.63) is 29.8 Å². The molecule has 1 rings (SSSR count). The average Bonchev–Trinajstić information content (AvgIpc) is 2.29. The van der Waals surface area contributed by atoms with Crippen molar-refractivity contribution in [2.75, 3.05) is 5.75 Å². The number of hydrogen-bond acceptors (Lipinski definition) is 3. The summed E-state index contributed by atoms with van der Waals surface area (Å²) in [5.74, 6) is -0.169. The Labute approximate surface area is 105 Å². The fourth-order valence-corrected chi connectivity index (χ4v) is 2.56. The Kier molecular flexibility index (Phi) is 4.59. The Morgan fingerprint density at radius 1 is 1.47 bits per heavy atom. The van der Waals surface area contributed by atoms with Crippen molar-refractivity contribution in [3.8, 4) is 6.07 Å². The van der Waals surface area contributed by atoms with Gasteiger partial charge in [0.1, 0.15) is 0 Å². The number of carboxylic acid groups (broad SMARTS) is 1. The first-order chi connectivity index (χ1) is 7.96. The molecule has 0 aliphatic heterocycles. The zero-order valence-corrected chi connectivity index (χ0v) is 10.8. The Morgan fingerprint density at radius 2 is 2.12 bits per heavy atom. The van der Waals surface area contributed by atoms with Crippen LogP contribution in [0.3, 0.4) is 0 Å². The van der Waals surface area contributed by atoms with E-state index in [2.05, 4.69) is 6.07 Å². The fourth-order valence-electron chi connectivity index (χ4n) is 1.24. The maximum atomic E-state index is 11.0. The van der Waals surface area contributed by atoms with Gasteiger partial charge in [0.05, 0.1) is 17.0 Å². The molecule has 0 spiro atoms. The molecule has 0 atom stereocenters. The largest absolute Gasteiger partial charge is 0.478 e. The van der Waals surface area contributed by atoms with Crippen LogP contribution in [0.25, 0.3) is 0 Å². The van der Waals surface area contributed by atoms with E-state index in [4.69, 9.17) is 10.4 Å². The van der Waals surface area contributed by atoms with Crippen molar-refractivity contribution in [1.82, 2.24) is 0 Å². The highest BCUT2D eigenvalue weighted by Crippen LogP contribution is 2.28. The lowest BCUT2D eigenvalue weighted by Crippen LogP contribution is -2.09. The van der Waals surface area contributed by atoms with Crippen LogP contribution in [0.1, 0.15) is 30.6 Å². The van der Waals surface area contributed by atoms with Gasteiger partial charge in [0.2, 0.25) is 0 Å². The molecule has 0 aliphatic carbocycles. The number of thioether (sulfide) groups is 1. The lowest BCUT2D eigenvalue weighted by Gasteiger charge is -2.14. The Balaban J connectivity index is 2.65. The van der Waals surface area contributed by atoms with E-state index in [-0.39, 0.29) is 5.41 Å². The first-order valence-electron chi connectivity index (χ1n) is 5.33. The van der Waals surface area contributed by atoms with Gasteiger partial charge in [-0.25, -0.2) is 4.79 Å². The second-order valence-electron chi connectivity index (χ2n) is 4.40. The molecule has 17 heavy (non-hydrogen) atoms. The van der Waals surface area contributed by atoms with Gasteiger partial charge >= 0.3 is 5.97 Å². The van der Waals surface area contributed by atoms with Gasteiger partial charge in [0.15, 0.2) is 0 Å². The topological polar surface area (TPSA) is 61.1 Å². The first kappa shape index (κ1) is 13.6. The first-order valence-corrected chi connectivity index (χ1v) is 6.31. The molecule has 0 amide bonds. The molecule has 0 saturated heterocycles. The summed E-state index contributed by atoms with van der Waals surface area (Å²) in [4.78, 5) is 11.7. The van der Waals surface area contributed by atoms with E-state index in [0.29, 0.717) is 5.56 Å². The summed E-state index contributed by atoms with van der Waals surface area (Å²) in [7, 11) is 0. The van der Waals surface area contributed by atoms with Crippen molar-refractivity contribution in [1.29, 1.82) is 5.26 Å². The quantitative estimate of drug-likeness (QED) is 0.812. The van der Waals surface area contributed by atoms with Gasteiger partial charge in [-0.2, -0.15) is 5.26 Å². The Hall–Kier alpha value is -1.47. The highest BCUT2D eigenvalue weighted by molar-refractivity contribution is 7.99. The molecular formula is C13H15NO2S. The molecule has 4 heteroatoms. The second-order valence-corrected chi connectivity index (χ2v) is 5.53. The molecule has 1 N–H and O–H groups in total. The lowest BCUT2D eigenvalue weighted by atomic mass is 9.93. The summed E-state index contributed by atoms with van der Waals surface area (Å²) in [6.45, 7) is 3.77. The number of aromatic carboxylic acids is 1. The summed E-state index contributed by atoms with van der Waals surface area (Å²) < 4.78 is 0. The van der Waals surface area contributed by atoms with Crippen LogP contribution in [0.4, 0.5) is 0 Å². The van der Waals surface area contributed by atoms with Crippen LogP contribution in [-0.4, -0.2) is 16.8 Å².